The zero-order chi connectivity index (χ0) is 22.8. The number of nitrogens with one attached hydrogen (secondary N) is 3. The Morgan fingerprint density at radius 1 is 1.06 bits per heavy atom. The van der Waals surface area contributed by atoms with E-state index in [4.69, 9.17) is 11.6 Å². The molecule has 6 nitrogen and oxygen atoms in total. The van der Waals surface area contributed by atoms with Gasteiger partial charge < -0.3 is 10.6 Å². The molecule has 0 aliphatic rings. The largest absolute Gasteiger partial charge is 0.351 e. The maximum atomic E-state index is 13.7. The molecule has 0 spiro atoms. The number of H-pyrrole nitrogens is 1. The Morgan fingerprint density at radius 2 is 1.74 bits per heavy atom. The molecule has 1 aromatic heterocycles. The quantitative estimate of drug-likeness (QED) is 0.382. The summed E-state index contributed by atoms with van der Waals surface area (Å²) in [5, 5.41) is 12.5. The van der Waals surface area contributed by atoms with E-state index in [0.29, 0.717) is 5.82 Å². The third kappa shape index (κ3) is 6.08. The molecule has 0 aliphatic carbocycles. The molecule has 1 amide bonds. The topological polar surface area (TPSA) is 82.2 Å². The fourth-order valence-electron chi connectivity index (χ4n) is 2.60. The molecule has 3 rings (SSSR count). The summed E-state index contributed by atoms with van der Waals surface area (Å²) in [4.78, 5) is 16.5. The van der Waals surface area contributed by atoms with Crippen molar-refractivity contribution in [3.05, 3.63) is 70.5 Å². The van der Waals surface area contributed by atoms with Crippen LogP contribution in [0.25, 0.3) is 11.3 Å². The number of nitrogens with zero attached hydrogens (tertiary/aromatic N) is 2. The molecule has 0 aliphatic heterocycles. The molecule has 0 bridgehead atoms. The number of amides is 1. The summed E-state index contributed by atoms with van der Waals surface area (Å²) in [5.74, 6) is -2.53. The summed E-state index contributed by atoms with van der Waals surface area (Å²) in [5.41, 5.74) is 0.0441. The Morgan fingerprint density at radius 3 is 2.35 bits per heavy atom. The smallest absolute Gasteiger partial charge is 0.280 e. The van der Waals surface area contributed by atoms with Crippen molar-refractivity contribution in [3.63, 3.8) is 0 Å². The molecular weight excluding hydrogens is 431 g/mol. The number of benzene rings is 2. The Labute approximate surface area is 181 Å². The highest BCUT2D eigenvalue weighted by Crippen LogP contribution is 2.22. The fourth-order valence-corrected chi connectivity index (χ4v) is 2.72. The van der Waals surface area contributed by atoms with Crippen LogP contribution in [-0.2, 0) is 0 Å². The van der Waals surface area contributed by atoms with E-state index in [0.717, 1.165) is 24.3 Å². The van der Waals surface area contributed by atoms with Crippen molar-refractivity contribution in [3.8, 4) is 11.3 Å². The SMILES string of the molecule is CC(C)(C)N/C(=N/C(=O)c1ccc(Cl)c(F)c1)Nc1cc(-c2cc(F)cc(F)c2)n[nH]1. The highest BCUT2D eigenvalue weighted by molar-refractivity contribution is 6.30. The van der Waals surface area contributed by atoms with Crippen LogP contribution in [0, 0.1) is 17.5 Å². The van der Waals surface area contributed by atoms with E-state index in [2.05, 4.69) is 25.8 Å². The second kappa shape index (κ2) is 8.81. The number of aliphatic imine (C=N–C) groups is 1. The van der Waals surface area contributed by atoms with Gasteiger partial charge in [0.25, 0.3) is 5.91 Å². The summed E-state index contributed by atoms with van der Waals surface area (Å²) in [6.07, 6.45) is 0. The number of rotatable bonds is 3. The monoisotopic (exact) mass is 449 g/mol. The second-order valence-corrected chi connectivity index (χ2v) is 8.13. The molecule has 1 heterocycles. The summed E-state index contributed by atoms with van der Waals surface area (Å²) in [6.45, 7) is 5.56. The molecule has 2 aromatic carbocycles. The van der Waals surface area contributed by atoms with Crippen molar-refractivity contribution in [1.29, 1.82) is 0 Å². The molecule has 0 saturated carbocycles. The number of aromatic amines is 1. The minimum absolute atomic E-state index is 0.0115. The molecule has 31 heavy (non-hydrogen) atoms. The molecule has 10 heteroatoms. The van der Waals surface area contributed by atoms with Crippen molar-refractivity contribution in [1.82, 2.24) is 15.5 Å². The number of hydrogen-bond acceptors (Lipinski definition) is 2. The lowest BCUT2D eigenvalue weighted by atomic mass is 10.1. The van der Waals surface area contributed by atoms with Gasteiger partial charge in [-0.05, 0) is 51.1 Å². The summed E-state index contributed by atoms with van der Waals surface area (Å²) in [7, 11) is 0. The first-order valence-electron chi connectivity index (χ1n) is 9.15. The van der Waals surface area contributed by atoms with E-state index >= 15 is 0 Å². The number of hydrogen-bond donors (Lipinski definition) is 3. The van der Waals surface area contributed by atoms with E-state index in [1.807, 2.05) is 20.8 Å². The number of carbonyl (C=O) groups is 1. The lowest BCUT2D eigenvalue weighted by molar-refractivity contribution is 0.100. The average Bonchev–Trinajstić information content (AvgIpc) is 3.10. The van der Waals surface area contributed by atoms with Crippen LogP contribution in [0.4, 0.5) is 19.0 Å². The molecule has 0 fully saturated rings. The van der Waals surface area contributed by atoms with E-state index < -0.39 is 28.9 Å². The first-order chi connectivity index (χ1) is 14.5. The zero-order valence-electron chi connectivity index (χ0n) is 16.9. The van der Waals surface area contributed by atoms with Crippen LogP contribution in [0.15, 0.2) is 47.5 Å². The van der Waals surface area contributed by atoms with Gasteiger partial charge in [0.1, 0.15) is 23.3 Å². The van der Waals surface area contributed by atoms with Gasteiger partial charge in [-0.1, -0.05) is 11.6 Å². The van der Waals surface area contributed by atoms with Crippen molar-refractivity contribution in [2.45, 2.75) is 26.3 Å². The number of aromatic nitrogens is 2. The lowest BCUT2D eigenvalue weighted by Gasteiger charge is -2.23. The minimum atomic E-state index is -0.735. The summed E-state index contributed by atoms with van der Waals surface area (Å²) in [6, 6.07) is 8.17. The van der Waals surface area contributed by atoms with E-state index in [-0.39, 0.29) is 27.8 Å². The number of anilines is 1. The molecule has 0 atom stereocenters. The maximum absolute atomic E-state index is 13.7. The number of halogens is 4. The van der Waals surface area contributed by atoms with Crippen molar-refractivity contribution in [2.24, 2.45) is 4.99 Å². The molecular formula is C21H19ClF3N5O. The van der Waals surface area contributed by atoms with Gasteiger partial charge in [-0.15, -0.1) is 0 Å². The Balaban J connectivity index is 1.88. The normalized spacial score (nSPS) is 12.0. The standard InChI is InChI=1S/C21H19ClF3N5O/c1-21(2,3)28-20(27-19(31)11-4-5-15(22)16(25)8-11)26-18-10-17(29-30-18)12-6-13(23)9-14(24)7-12/h4-10H,1-3H3,(H3,26,27,28,29,30,31). The van der Waals surface area contributed by atoms with Crippen molar-refractivity contribution < 1.29 is 18.0 Å². The minimum Gasteiger partial charge on any atom is -0.351 e. The van der Waals surface area contributed by atoms with Crippen LogP contribution < -0.4 is 10.6 Å². The molecule has 3 aromatic rings. The summed E-state index contributed by atoms with van der Waals surface area (Å²) < 4.78 is 40.6. The van der Waals surface area contributed by atoms with Crippen LogP contribution in [0.5, 0.6) is 0 Å². The first kappa shape index (κ1) is 22.4. The van der Waals surface area contributed by atoms with Gasteiger partial charge in [-0.25, -0.2) is 13.2 Å². The third-order valence-electron chi connectivity index (χ3n) is 3.86. The Bertz CT molecular complexity index is 1130. The van der Waals surface area contributed by atoms with Gasteiger partial charge in [0.05, 0.1) is 10.7 Å². The van der Waals surface area contributed by atoms with Crippen LogP contribution in [-0.4, -0.2) is 27.6 Å². The fraction of sp³-hybridized carbons (Fsp3) is 0.190. The maximum Gasteiger partial charge on any atom is 0.280 e. The average molecular weight is 450 g/mol. The van der Waals surface area contributed by atoms with Gasteiger partial charge in [-0.2, -0.15) is 10.1 Å². The lowest BCUT2D eigenvalue weighted by Crippen LogP contribution is -2.44. The Hall–Kier alpha value is -3.33. The van der Waals surface area contributed by atoms with E-state index in [1.165, 1.54) is 18.2 Å². The molecule has 3 N–H and O–H groups in total. The Kier molecular flexibility index (Phi) is 6.35. The third-order valence-corrected chi connectivity index (χ3v) is 4.17. The van der Waals surface area contributed by atoms with E-state index in [1.54, 1.807) is 0 Å². The van der Waals surface area contributed by atoms with Crippen molar-refractivity contribution in [2.75, 3.05) is 5.32 Å². The highest BCUT2D eigenvalue weighted by Gasteiger charge is 2.17. The van der Waals surface area contributed by atoms with Gasteiger partial charge in [-0.3, -0.25) is 9.89 Å². The van der Waals surface area contributed by atoms with Gasteiger partial charge in [0.15, 0.2) is 0 Å². The van der Waals surface area contributed by atoms with Crippen LogP contribution >= 0.6 is 11.6 Å². The number of guanidine groups is 1. The predicted octanol–water partition coefficient (Wildman–Crippen LogP) is 5.14. The first-order valence-corrected chi connectivity index (χ1v) is 9.53. The van der Waals surface area contributed by atoms with Crippen LogP contribution in [0.3, 0.4) is 0 Å². The van der Waals surface area contributed by atoms with Gasteiger partial charge in [0.2, 0.25) is 5.96 Å². The van der Waals surface area contributed by atoms with Gasteiger partial charge >= 0.3 is 0 Å². The van der Waals surface area contributed by atoms with Gasteiger partial charge in [0, 0.05) is 28.8 Å². The number of carbonyl (C=O) groups excluding carboxylic acids is 1. The van der Waals surface area contributed by atoms with E-state index in [9.17, 15) is 18.0 Å². The molecule has 162 valence electrons. The van der Waals surface area contributed by atoms with Crippen LogP contribution in [0.1, 0.15) is 31.1 Å². The highest BCUT2D eigenvalue weighted by atomic mass is 35.5. The molecule has 0 saturated heterocycles. The second-order valence-electron chi connectivity index (χ2n) is 7.72. The predicted molar refractivity (Wildman–Crippen MR) is 114 cm³/mol. The molecule has 0 radical (unpaired) electrons. The molecule has 0 unspecified atom stereocenters. The van der Waals surface area contributed by atoms with Crippen LogP contribution in [0.2, 0.25) is 5.02 Å². The zero-order valence-corrected chi connectivity index (χ0v) is 17.6. The van der Waals surface area contributed by atoms with Crippen molar-refractivity contribution >= 4 is 29.3 Å². The summed E-state index contributed by atoms with van der Waals surface area (Å²) >= 11 is 5.65.